The summed E-state index contributed by atoms with van der Waals surface area (Å²) in [6.45, 7) is 0.241. The predicted molar refractivity (Wildman–Crippen MR) is 62.4 cm³/mol. The summed E-state index contributed by atoms with van der Waals surface area (Å²) in [5.41, 5.74) is 0. The molecule has 0 aromatic rings. The van der Waals surface area contributed by atoms with E-state index in [4.69, 9.17) is 0 Å². The van der Waals surface area contributed by atoms with Crippen LogP contribution in [0.4, 0.5) is 0 Å². The molecule has 0 aliphatic heterocycles. The molecule has 2 fully saturated rings. The topological polar surface area (TPSA) is 69.6 Å². The lowest BCUT2D eigenvalue weighted by Crippen LogP contribution is -2.47. The number of carbonyl (C=O) groups is 2. The van der Waals surface area contributed by atoms with E-state index in [1.54, 1.807) is 14.1 Å². The Bertz CT molecular complexity index is 330. The summed E-state index contributed by atoms with van der Waals surface area (Å²) in [6, 6.07) is -0.0184. The second kappa shape index (κ2) is 4.64. The third-order valence-electron chi connectivity index (χ3n) is 4.19. The molecule has 17 heavy (non-hydrogen) atoms. The van der Waals surface area contributed by atoms with Crippen molar-refractivity contribution in [1.29, 1.82) is 0 Å². The van der Waals surface area contributed by atoms with Gasteiger partial charge in [0, 0.05) is 20.1 Å². The van der Waals surface area contributed by atoms with E-state index in [0.717, 1.165) is 19.3 Å². The van der Waals surface area contributed by atoms with Gasteiger partial charge in [-0.1, -0.05) is 0 Å². The van der Waals surface area contributed by atoms with Gasteiger partial charge in [-0.15, -0.1) is 0 Å². The van der Waals surface area contributed by atoms with Gasteiger partial charge in [0.15, 0.2) is 0 Å². The van der Waals surface area contributed by atoms with Crippen LogP contribution >= 0.6 is 0 Å². The Kier molecular flexibility index (Phi) is 3.38. The van der Waals surface area contributed by atoms with Crippen molar-refractivity contribution in [1.82, 2.24) is 10.2 Å². The molecule has 0 heterocycles. The van der Waals surface area contributed by atoms with E-state index < -0.39 is 5.97 Å². The van der Waals surface area contributed by atoms with Gasteiger partial charge in [-0.25, -0.2) is 0 Å². The van der Waals surface area contributed by atoms with E-state index in [9.17, 15) is 14.7 Å². The summed E-state index contributed by atoms with van der Waals surface area (Å²) in [7, 11) is 3.42. The van der Waals surface area contributed by atoms with Gasteiger partial charge < -0.3 is 15.3 Å². The number of hydrogen-bond donors (Lipinski definition) is 2. The van der Waals surface area contributed by atoms with Crippen LogP contribution in [0.2, 0.25) is 0 Å². The third-order valence-corrected chi connectivity index (χ3v) is 4.19. The number of hydrogen-bond acceptors (Lipinski definition) is 3. The number of amides is 1. The average Bonchev–Trinajstić information content (AvgIpc) is 2.84. The number of rotatable bonds is 4. The van der Waals surface area contributed by atoms with Crippen LogP contribution < -0.4 is 5.32 Å². The molecule has 0 aromatic carbocycles. The summed E-state index contributed by atoms with van der Waals surface area (Å²) >= 11 is 0. The van der Waals surface area contributed by atoms with Crippen LogP contribution in [0.3, 0.4) is 0 Å². The van der Waals surface area contributed by atoms with E-state index >= 15 is 0 Å². The van der Waals surface area contributed by atoms with Gasteiger partial charge in [0.1, 0.15) is 0 Å². The highest BCUT2D eigenvalue weighted by molar-refractivity contribution is 5.78. The van der Waals surface area contributed by atoms with Crippen molar-refractivity contribution in [2.24, 2.45) is 17.8 Å². The maximum Gasteiger partial charge on any atom is 0.308 e. The molecule has 4 atom stereocenters. The fraction of sp³-hybridized carbons (Fsp3) is 0.833. The van der Waals surface area contributed by atoms with Crippen LogP contribution in [0.25, 0.3) is 0 Å². The number of likely N-dealkylation sites (N-methyl/N-ethyl adjacent to an activating group) is 1. The Morgan fingerprint density at radius 2 is 1.94 bits per heavy atom. The Morgan fingerprint density at radius 3 is 2.53 bits per heavy atom. The number of fused-ring (bicyclic) bond motifs is 2. The molecule has 2 bridgehead atoms. The van der Waals surface area contributed by atoms with E-state index in [1.165, 1.54) is 4.90 Å². The normalized spacial score (nSPS) is 34.9. The van der Waals surface area contributed by atoms with Gasteiger partial charge in [-0.2, -0.15) is 0 Å². The molecule has 0 radical (unpaired) electrons. The number of nitrogens with zero attached hydrogens (tertiary/aromatic N) is 1. The Labute approximate surface area is 101 Å². The van der Waals surface area contributed by atoms with Gasteiger partial charge in [-0.3, -0.25) is 9.59 Å². The SMILES string of the molecule is CN(C)C(=O)CNC1C2CCC(C2)C1C(=O)O. The number of aliphatic carboxylic acids is 1. The standard InChI is InChI=1S/C12H20N2O3/c1-14(2)9(15)6-13-11-8-4-3-7(5-8)10(11)12(16)17/h7-8,10-11,13H,3-6H2,1-2H3,(H,16,17). The Hall–Kier alpha value is -1.10. The van der Waals surface area contributed by atoms with Crippen LogP contribution in [-0.4, -0.2) is 48.6 Å². The second-order valence-electron chi connectivity index (χ2n) is 5.39. The van der Waals surface area contributed by atoms with Crippen molar-refractivity contribution in [2.75, 3.05) is 20.6 Å². The highest BCUT2D eigenvalue weighted by atomic mass is 16.4. The molecule has 5 heteroatoms. The number of nitrogens with one attached hydrogen (secondary N) is 1. The van der Waals surface area contributed by atoms with Crippen LogP contribution in [0.15, 0.2) is 0 Å². The molecule has 4 unspecified atom stereocenters. The highest BCUT2D eigenvalue weighted by Gasteiger charge is 2.50. The fourth-order valence-electron chi connectivity index (χ4n) is 3.30. The van der Waals surface area contributed by atoms with E-state index in [2.05, 4.69) is 5.32 Å². The quantitative estimate of drug-likeness (QED) is 0.734. The van der Waals surface area contributed by atoms with E-state index in [0.29, 0.717) is 11.8 Å². The zero-order chi connectivity index (χ0) is 12.6. The molecule has 96 valence electrons. The van der Waals surface area contributed by atoms with Crippen molar-refractivity contribution in [3.8, 4) is 0 Å². The zero-order valence-corrected chi connectivity index (χ0v) is 10.3. The molecule has 0 aromatic heterocycles. The molecule has 1 amide bonds. The van der Waals surface area contributed by atoms with Gasteiger partial charge in [-0.05, 0) is 31.1 Å². The van der Waals surface area contributed by atoms with Crippen LogP contribution in [-0.2, 0) is 9.59 Å². The predicted octanol–water partition coefficient (Wildman–Crippen LogP) is 0.164. The minimum Gasteiger partial charge on any atom is -0.481 e. The lowest BCUT2D eigenvalue weighted by atomic mass is 9.84. The maximum absolute atomic E-state index is 11.5. The monoisotopic (exact) mass is 240 g/mol. The highest BCUT2D eigenvalue weighted by Crippen LogP contribution is 2.48. The van der Waals surface area contributed by atoms with E-state index in [1.807, 2.05) is 0 Å². The van der Waals surface area contributed by atoms with Gasteiger partial charge >= 0.3 is 5.97 Å². The molecule has 2 aliphatic rings. The van der Waals surface area contributed by atoms with Crippen molar-refractivity contribution in [2.45, 2.75) is 25.3 Å². The summed E-state index contributed by atoms with van der Waals surface area (Å²) in [6.07, 6.45) is 3.13. The average molecular weight is 240 g/mol. The Balaban J connectivity index is 1.95. The third kappa shape index (κ3) is 2.29. The molecular weight excluding hydrogens is 220 g/mol. The maximum atomic E-state index is 11.5. The molecular formula is C12H20N2O3. The Morgan fingerprint density at radius 1 is 1.29 bits per heavy atom. The summed E-state index contributed by atoms with van der Waals surface area (Å²) < 4.78 is 0. The smallest absolute Gasteiger partial charge is 0.308 e. The number of carboxylic acids is 1. The van der Waals surface area contributed by atoms with Gasteiger partial charge in [0.05, 0.1) is 12.5 Å². The second-order valence-corrected chi connectivity index (χ2v) is 5.39. The van der Waals surface area contributed by atoms with Crippen molar-refractivity contribution < 1.29 is 14.7 Å². The summed E-state index contributed by atoms with van der Waals surface area (Å²) in [5.74, 6) is -0.270. The first-order chi connectivity index (χ1) is 8.00. The largest absolute Gasteiger partial charge is 0.481 e. The molecule has 2 saturated carbocycles. The first-order valence-corrected chi connectivity index (χ1v) is 6.17. The zero-order valence-electron chi connectivity index (χ0n) is 10.3. The lowest BCUT2D eigenvalue weighted by molar-refractivity contribution is -0.144. The van der Waals surface area contributed by atoms with Crippen molar-refractivity contribution in [3.63, 3.8) is 0 Å². The van der Waals surface area contributed by atoms with E-state index in [-0.39, 0.29) is 24.4 Å². The number of carboxylic acid groups (broad SMARTS) is 1. The van der Waals surface area contributed by atoms with Crippen LogP contribution in [0, 0.1) is 17.8 Å². The van der Waals surface area contributed by atoms with Crippen LogP contribution in [0.1, 0.15) is 19.3 Å². The minimum absolute atomic E-state index is 0.00286. The molecule has 0 saturated heterocycles. The van der Waals surface area contributed by atoms with Gasteiger partial charge in [0.2, 0.25) is 5.91 Å². The molecule has 5 nitrogen and oxygen atoms in total. The molecule has 2 aliphatic carbocycles. The van der Waals surface area contributed by atoms with Crippen molar-refractivity contribution in [3.05, 3.63) is 0 Å². The minimum atomic E-state index is -0.716. The van der Waals surface area contributed by atoms with Crippen LogP contribution in [0.5, 0.6) is 0 Å². The van der Waals surface area contributed by atoms with Gasteiger partial charge in [0.25, 0.3) is 0 Å². The van der Waals surface area contributed by atoms with Crippen molar-refractivity contribution >= 4 is 11.9 Å². The first-order valence-electron chi connectivity index (χ1n) is 6.17. The lowest BCUT2D eigenvalue weighted by Gasteiger charge is -2.29. The fourth-order valence-corrected chi connectivity index (χ4v) is 3.30. The molecule has 2 rings (SSSR count). The number of carbonyl (C=O) groups excluding carboxylic acids is 1. The molecule has 2 N–H and O–H groups in total. The summed E-state index contributed by atoms with van der Waals surface area (Å²) in [4.78, 5) is 24.3. The first kappa shape index (κ1) is 12.4. The summed E-state index contributed by atoms with van der Waals surface area (Å²) in [5, 5.41) is 12.4. The molecule has 0 spiro atoms.